The first kappa shape index (κ1) is 9.85. The van der Waals surface area contributed by atoms with Gasteiger partial charge >= 0.3 is 0 Å². The number of hydrogen-bond acceptors (Lipinski definition) is 1. The molecule has 0 unspecified atom stereocenters. The molecule has 0 aromatic heterocycles. The lowest BCUT2D eigenvalue weighted by Gasteiger charge is -2.15. The van der Waals surface area contributed by atoms with Gasteiger partial charge < -0.3 is 4.90 Å². The molecule has 0 bridgehead atoms. The van der Waals surface area contributed by atoms with Gasteiger partial charge in [0, 0.05) is 25.9 Å². The van der Waals surface area contributed by atoms with Crippen LogP contribution in [0, 0.1) is 5.92 Å². The van der Waals surface area contributed by atoms with Gasteiger partial charge in [-0.2, -0.15) is 0 Å². The number of hydrogen-bond donors (Lipinski definition) is 0. The van der Waals surface area contributed by atoms with Gasteiger partial charge in [0.25, 0.3) is 0 Å². The van der Waals surface area contributed by atoms with Gasteiger partial charge in [-0.05, 0) is 25.2 Å². The normalized spacial score (nSPS) is 16.2. The van der Waals surface area contributed by atoms with Crippen LogP contribution in [-0.4, -0.2) is 30.3 Å². The van der Waals surface area contributed by atoms with E-state index in [4.69, 9.17) is 11.6 Å². The van der Waals surface area contributed by atoms with Crippen LogP contribution >= 0.6 is 11.6 Å². The van der Waals surface area contributed by atoms with Gasteiger partial charge in [-0.25, -0.2) is 0 Å². The number of nitrogens with zero attached hydrogens (tertiary/aromatic N) is 1. The molecule has 70 valence electrons. The van der Waals surface area contributed by atoms with Gasteiger partial charge in [-0.1, -0.05) is 0 Å². The van der Waals surface area contributed by atoms with Gasteiger partial charge in [0.1, 0.15) is 0 Å². The van der Waals surface area contributed by atoms with Crippen LogP contribution in [0.3, 0.4) is 0 Å². The standard InChI is InChI=1S/C9H16ClNO/c1-11(7-8-4-5-8)9(12)3-2-6-10/h8H,2-7H2,1H3. The molecule has 1 aliphatic carbocycles. The Hall–Kier alpha value is -0.240. The van der Waals surface area contributed by atoms with E-state index in [0.29, 0.717) is 12.3 Å². The fourth-order valence-corrected chi connectivity index (χ4v) is 1.33. The zero-order valence-electron chi connectivity index (χ0n) is 7.55. The van der Waals surface area contributed by atoms with Crippen molar-refractivity contribution in [1.82, 2.24) is 4.90 Å². The smallest absolute Gasteiger partial charge is 0.222 e. The SMILES string of the molecule is CN(CC1CC1)C(=O)CCCCl. The molecule has 1 rings (SSSR count). The molecule has 1 saturated carbocycles. The fourth-order valence-electron chi connectivity index (χ4n) is 1.20. The predicted octanol–water partition coefficient (Wildman–Crippen LogP) is 1.87. The van der Waals surface area contributed by atoms with E-state index < -0.39 is 0 Å². The van der Waals surface area contributed by atoms with Gasteiger partial charge in [-0.15, -0.1) is 11.6 Å². The minimum Gasteiger partial charge on any atom is -0.345 e. The van der Waals surface area contributed by atoms with Crippen molar-refractivity contribution in [3.63, 3.8) is 0 Å². The van der Waals surface area contributed by atoms with E-state index in [1.807, 2.05) is 11.9 Å². The molecule has 1 aliphatic rings. The third-order valence-corrected chi connectivity index (χ3v) is 2.45. The molecule has 0 aliphatic heterocycles. The Morgan fingerprint density at radius 3 is 2.75 bits per heavy atom. The quantitative estimate of drug-likeness (QED) is 0.605. The summed E-state index contributed by atoms with van der Waals surface area (Å²) in [6.45, 7) is 0.946. The summed E-state index contributed by atoms with van der Waals surface area (Å²) in [5.41, 5.74) is 0. The molecular weight excluding hydrogens is 174 g/mol. The molecule has 0 aromatic carbocycles. The zero-order valence-corrected chi connectivity index (χ0v) is 8.31. The van der Waals surface area contributed by atoms with Crippen LogP contribution in [0.2, 0.25) is 0 Å². The molecular formula is C9H16ClNO. The number of alkyl halides is 1. The highest BCUT2D eigenvalue weighted by Crippen LogP contribution is 2.29. The Bertz CT molecular complexity index is 157. The predicted molar refractivity (Wildman–Crippen MR) is 50.3 cm³/mol. The van der Waals surface area contributed by atoms with Crippen LogP contribution in [0.5, 0.6) is 0 Å². The average Bonchev–Trinajstić information content (AvgIpc) is 2.83. The van der Waals surface area contributed by atoms with Crippen molar-refractivity contribution >= 4 is 17.5 Å². The minimum absolute atomic E-state index is 0.238. The Morgan fingerprint density at radius 1 is 1.58 bits per heavy atom. The van der Waals surface area contributed by atoms with Crippen molar-refractivity contribution in [2.45, 2.75) is 25.7 Å². The largest absolute Gasteiger partial charge is 0.345 e. The topological polar surface area (TPSA) is 20.3 Å². The molecule has 3 heteroatoms. The minimum atomic E-state index is 0.238. The molecule has 2 nitrogen and oxygen atoms in total. The van der Waals surface area contributed by atoms with E-state index in [-0.39, 0.29) is 5.91 Å². The van der Waals surface area contributed by atoms with E-state index in [1.165, 1.54) is 12.8 Å². The van der Waals surface area contributed by atoms with Crippen LogP contribution in [0.1, 0.15) is 25.7 Å². The maximum atomic E-state index is 11.3. The summed E-state index contributed by atoms with van der Waals surface area (Å²) < 4.78 is 0. The van der Waals surface area contributed by atoms with Crippen LogP contribution in [0.4, 0.5) is 0 Å². The summed E-state index contributed by atoms with van der Waals surface area (Å²) in [5, 5.41) is 0. The number of carbonyl (C=O) groups excluding carboxylic acids is 1. The molecule has 0 radical (unpaired) electrons. The molecule has 0 saturated heterocycles. The van der Waals surface area contributed by atoms with Crippen molar-refractivity contribution < 1.29 is 4.79 Å². The second-order valence-corrected chi connectivity index (χ2v) is 3.89. The van der Waals surface area contributed by atoms with Crippen molar-refractivity contribution in [3.8, 4) is 0 Å². The van der Waals surface area contributed by atoms with Crippen molar-refractivity contribution in [3.05, 3.63) is 0 Å². The summed E-state index contributed by atoms with van der Waals surface area (Å²) in [5.74, 6) is 1.61. The van der Waals surface area contributed by atoms with Crippen LogP contribution in [0.25, 0.3) is 0 Å². The maximum Gasteiger partial charge on any atom is 0.222 e. The lowest BCUT2D eigenvalue weighted by molar-refractivity contribution is -0.130. The van der Waals surface area contributed by atoms with E-state index in [0.717, 1.165) is 18.9 Å². The Labute approximate surface area is 78.9 Å². The number of halogens is 1. The van der Waals surface area contributed by atoms with E-state index >= 15 is 0 Å². The lowest BCUT2D eigenvalue weighted by atomic mass is 10.3. The molecule has 0 N–H and O–H groups in total. The maximum absolute atomic E-state index is 11.3. The zero-order chi connectivity index (χ0) is 8.97. The number of carbonyl (C=O) groups is 1. The first-order valence-electron chi connectivity index (χ1n) is 4.54. The summed E-state index contributed by atoms with van der Waals surface area (Å²) in [6.07, 6.45) is 4.00. The lowest BCUT2D eigenvalue weighted by Crippen LogP contribution is -2.28. The Balaban J connectivity index is 2.11. The monoisotopic (exact) mass is 189 g/mol. The highest BCUT2D eigenvalue weighted by atomic mass is 35.5. The van der Waals surface area contributed by atoms with Gasteiger partial charge in [0.15, 0.2) is 0 Å². The van der Waals surface area contributed by atoms with Crippen LogP contribution in [0.15, 0.2) is 0 Å². The Morgan fingerprint density at radius 2 is 2.25 bits per heavy atom. The first-order valence-corrected chi connectivity index (χ1v) is 5.07. The van der Waals surface area contributed by atoms with Gasteiger partial charge in [0.2, 0.25) is 5.91 Å². The fraction of sp³-hybridized carbons (Fsp3) is 0.889. The molecule has 0 heterocycles. The molecule has 0 aromatic rings. The van der Waals surface area contributed by atoms with Gasteiger partial charge in [0.05, 0.1) is 0 Å². The summed E-state index contributed by atoms with van der Waals surface area (Å²) >= 11 is 5.50. The van der Waals surface area contributed by atoms with Crippen molar-refractivity contribution in [1.29, 1.82) is 0 Å². The third-order valence-electron chi connectivity index (χ3n) is 2.18. The summed E-state index contributed by atoms with van der Waals surface area (Å²) in [7, 11) is 1.88. The van der Waals surface area contributed by atoms with Crippen molar-refractivity contribution in [2.75, 3.05) is 19.5 Å². The summed E-state index contributed by atoms with van der Waals surface area (Å²) in [4.78, 5) is 13.2. The van der Waals surface area contributed by atoms with Crippen LogP contribution in [-0.2, 0) is 4.79 Å². The number of rotatable bonds is 5. The molecule has 0 spiro atoms. The Kier molecular flexibility index (Phi) is 3.86. The van der Waals surface area contributed by atoms with Crippen molar-refractivity contribution in [2.24, 2.45) is 5.92 Å². The van der Waals surface area contributed by atoms with E-state index in [1.54, 1.807) is 0 Å². The van der Waals surface area contributed by atoms with E-state index in [2.05, 4.69) is 0 Å². The molecule has 1 fully saturated rings. The third kappa shape index (κ3) is 3.44. The first-order chi connectivity index (χ1) is 5.74. The average molecular weight is 190 g/mol. The van der Waals surface area contributed by atoms with Crippen LogP contribution < -0.4 is 0 Å². The second-order valence-electron chi connectivity index (χ2n) is 3.51. The number of amides is 1. The molecule has 0 atom stereocenters. The summed E-state index contributed by atoms with van der Waals surface area (Å²) in [6, 6.07) is 0. The van der Waals surface area contributed by atoms with Gasteiger partial charge in [-0.3, -0.25) is 4.79 Å². The highest BCUT2D eigenvalue weighted by Gasteiger charge is 2.24. The second kappa shape index (κ2) is 4.70. The molecule has 12 heavy (non-hydrogen) atoms. The highest BCUT2D eigenvalue weighted by molar-refractivity contribution is 6.17. The van der Waals surface area contributed by atoms with E-state index in [9.17, 15) is 4.79 Å². The molecule has 1 amide bonds.